The van der Waals surface area contributed by atoms with E-state index in [2.05, 4.69) is 10.3 Å². The van der Waals surface area contributed by atoms with Gasteiger partial charge in [-0.15, -0.1) is 0 Å². The molecule has 0 aliphatic carbocycles. The summed E-state index contributed by atoms with van der Waals surface area (Å²) in [5, 5.41) is 21.8. The summed E-state index contributed by atoms with van der Waals surface area (Å²) in [5.41, 5.74) is 4.92. The molecule has 0 unspecified atom stereocenters. The molecule has 1 aliphatic heterocycles. The second kappa shape index (κ2) is 15.0. The second-order valence-electron chi connectivity index (χ2n) is 9.75. The van der Waals surface area contributed by atoms with E-state index in [-0.39, 0.29) is 31.1 Å². The minimum Gasteiger partial charge on any atom is -0.392 e. The summed E-state index contributed by atoms with van der Waals surface area (Å²) >= 11 is 1.63. The molecular formula is C29H36N4O6S. The van der Waals surface area contributed by atoms with Crippen LogP contribution in [0.5, 0.6) is 0 Å². The van der Waals surface area contributed by atoms with Gasteiger partial charge in [0, 0.05) is 55.7 Å². The molecule has 1 saturated heterocycles. The van der Waals surface area contributed by atoms with E-state index in [0.717, 1.165) is 21.8 Å². The number of nitrogens with zero attached hydrogens (tertiary/aromatic N) is 2. The van der Waals surface area contributed by atoms with Gasteiger partial charge in [0.2, 0.25) is 11.8 Å². The number of carbonyl (C=O) groups excluding carboxylic acids is 2. The van der Waals surface area contributed by atoms with Crippen LogP contribution in [0.3, 0.4) is 0 Å². The van der Waals surface area contributed by atoms with Gasteiger partial charge in [-0.2, -0.15) is 0 Å². The van der Waals surface area contributed by atoms with Crippen LogP contribution in [0, 0.1) is 0 Å². The summed E-state index contributed by atoms with van der Waals surface area (Å²) in [7, 11) is 1.96. The Bertz CT molecular complexity index is 1250. The normalized spacial score (nSPS) is 18.8. The van der Waals surface area contributed by atoms with Gasteiger partial charge in [0.15, 0.2) is 11.4 Å². The van der Waals surface area contributed by atoms with Crippen LogP contribution in [-0.4, -0.2) is 43.5 Å². The summed E-state index contributed by atoms with van der Waals surface area (Å²) in [6.45, 7) is -0.0140. The Labute approximate surface area is 238 Å². The third kappa shape index (κ3) is 8.64. The highest BCUT2D eigenvalue weighted by Gasteiger charge is 2.32. The number of rotatable bonds is 13. The van der Waals surface area contributed by atoms with Crippen LogP contribution in [0.4, 0.5) is 5.69 Å². The number of aromatic nitrogens is 2. The number of benzene rings is 2. The predicted molar refractivity (Wildman–Crippen MR) is 150 cm³/mol. The number of aliphatic hydroxyl groups excluding tert-OH is 1. The number of amides is 2. The lowest BCUT2D eigenvalue weighted by atomic mass is 10.0. The molecular weight excluding hydrogens is 532 g/mol. The Kier molecular flexibility index (Phi) is 11.1. The van der Waals surface area contributed by atoms with Gasteiger partial charge in [0.25, 0.3) is 0 Å². The number of ether oxygens (including phenoxy) is 2. The van der Waals surface area contributed by atoms with E-state index in [9.17, 15) is 14.7 Å². The quantitative estimate of drug-likeness (QED) is 0.101. The Morgan fingerprint density at radius 2 is 1.82 bits per heavy atom. The Hall–Kier alpha value is -3.22. The number of unbranched alkanes of at least 4 members (excludes halogenated alkanes) is 2. The molecule has 214 valence electrons. The number of aliphatic hydroxyl groups is 1. The average molecular weight is 569 g/mol. The molecule has 0 spiro atoms. The van der Waals surface area contributed by atoms with Gasteiger partial charge in [-0.25, -0.2) is 10.5 Å². The zero-order valence-corrected chi connectivity index (χ0v) is 23.3. The number of nitrogens with one attached hydrogen (secondary N) is 2. The first-order valence-corrected chi connectivity index (χ1v) is 14.4. The predicted octanol–water partition coefficient (Wildman–Crippen LogP) is 4.64. The van der Waals surface area contributed by atoms with Crippen molar-refractivity contribution in [2.24, 2.45) is 7.05 Å². The van der Waals surface area contributed by atoms with Crippen LogP contribution in [0.2, 0.25) is 0 Å². The van der Waals surface area contributed by atoms with Gasteiger partial charge in [-0.3, -0.25) is 14.8 Å². The van der Waals surface area contributed by atoms with Gasteiger partial charge < -0.3 is 24.5 Å². The number of hydroxylamine groups is 1. The highest BCUT2D eigenvalue weighted by molar-refractivity contribution is 7.99. The third-order valence-corrected chi connectivity index (χ3v) is 7.86. The van der Waals surface area contributed by atoms with Gasteiger partial charge in [0.05, 0.1) is 18.8 Å². The Morgan fingerprint density at radius 3 is 2.52 bits per heavy atom. The Balaban J connectivity index is 1.40. The van der Waals surface area contributed by atoms with Crippen molar-refractivity contribution in [3.63, 3.8) is 0 Å². The summed E-state index contributed by atoms with van der Waals surface area (Å²) in [6.07, 6.45) is 5.95. The van der Waals surface area contributed by atoms with Crippen molar-refractivity contribution in [2.75, 3.05) is 11.1 Å². The molecule has 4 N–H and O–H groups in total. The fourth-order valence-corrected chi connectivity index (χ4v) is 5.42. The molecule has 0 saturated carbocycles. The molecule has 4 rings (SSSR count). The number of anilines is 1. The molecule has 3 atom stereocenters. The third-order valence-electron chi connectivity index (χ3n) is 6.67. The van der Waals surface area contributed by atoms with Crippen molar-refractivity contribution in [2.45, 2.75) is 68.8 Å². The van der Waals surface area contributed by atoms with Gasteiger partial charge >= 0.3 is 0 Å². The molecule has 2 amide bonds. The van der Waals surface area contributed by atoms with Gasteiger partial charge in [-0.05, 0) is 36.1 Å². The van der Waals surface area contributed by atoms with E-state index in [1.165, 1.54) is 0 Å². The number of thioether (sulfide) groups is 1. The molecule has 40 heavy (non-hydrogen) atoms. The van der Waals surface area contributed by atoms with Crippen molar-refractivity contribution in [1.29, 1.82) is 0 Å². The van der Waals surface area contributed by atoms with Crippen LogP contribution in [0.15, 0.2) is 66.1 Å². The molecule has 2 heterocycles. The first-order chi connectivity index (χ1) is 19.4. The van der Waals surface area contributed by atoms with E-state index in [0.29, 0.717) is 43.5 Å². The molecule has 3 aromatic rings. The van der Waals surface area contributed by atoms with Crippen LogP contribution < -0.4 is 10.8 Å². The zero-order chi connectivity index (χ0) is 28.3. The lowest BCUT2D eigenvalue weighted by Gasteiger charge is -2.36. The van der Waals surface area contributed by atoms with E-state index >= 15 is 0 Å². The number of aryl methyl sites for hydroxylation is 1. The maximum atomic E-state index is 12.5. The SMILES string of the molecule is Cn1ccnc1SC[C@H]1C[C@@H](c2ccc(CO)cc2)O[C@@H](c2cccc(NC(=O)CCCCCC(=O)NO)c2)O1. The lowest BCUT2D eigenvalue weighted by molar-refractivity contribution is -0.245. The van der Waals surface area contributed by atoms with Crippen LogP contribution in [0.25, 0.3) is 0 Å². The summed E-state index contributed by atoms with van der Waals surface area (Å²) in [5.74, 6) is 0.169. The first kappa shape index (κ1) is 29.8. The second-order valence-corrected chi connectivity index (χ2v) is 10.7. The van der Waals surface area contributed by atoms with E-state index in [1.807, 2.05) is 66.3 Å². The molecule has 10 nitrogen and oxygen atoms in total. The van der Waals surface area contributed by atoms with Crippen molar-refractivity contribution in [1.82, 2.24) is 15.0 Å². The Morgan fingerprint density at radius 1 is 1.05 bits per heavy atom. The van der Waals surface area contributed by atoms with Crippen LogP contribution >= 0.6 is 11.8 Å². The zero-order valence-electron chi connectivity index (χ0n) is 22.5. The molecule has 1 fully saturated rings. The number of hydrogen-bond acceptors (Lipinski definition) is 8. The van der Waals surface area contributed by atoms with E-state index < -0.39 is 12.2 Å². The highest BCUT2D eigenvalue weighted by atomic mass is 32.2. The van der Waals surface area contributed by atoms with Gasteiger partial charge in [-0.1, -0.05) is 54.6 Å². The molecule has 2 aromatic carbocycles. The summed E-state index contributed by atoms with van der Waals surface area (Å²) in [4.78, 5) is 28.0. The fraction of sp³-hybridized carbons (Fsp3) is 0.414. The minimum atomic E-state index is -0.627. The molecule has 0 bridgehead atoms. The monoisotopic (exact) mass is 568 g/mol. The smallest absolute Gasteiger partial charge is 0.243 e. The van der Waals surface area contributed by atoms with Crippen molar-refractivity contribution in [3.05, 3.63) is 77.6 Å². The summed E-state index contributed by atoms with van der Waals surface area (Å²) < 4.78 is 14.8. The summed E-state index contributed by atoms with van der Waals surface area (Å²) in [6, 6.07) is 15.2. The number of imidazole rings is 1. The van der Waals surface area contributed by atoms with E-state index in [4.69, 9.17) is 14.7 Å². The standard InChI is InChI=1S/C29H36N4O6S/c1-33-15-14-30-29(33)40-19-24-17-25(21-12-10-20(18-34)11-13-21)39-28(38-24)22-6-5-7-23(16-22)31-26(35)8-3-2-4-9-27(36)32-37/h5-7,10-16,24-25,28,34,37H,2-4,8-9,17-19H2,1H3,(H,31,35)(H,32,36)/t24-,25+,28+/m1/s1. The largest absolute Gasteiger partial charge is 0.392 e. The number of carbonyl (C=O) groups is 2. The maximum absolute atomic E-state index is 12.5. The topological polar surface area (TPSA) is 135 Å². The van der Waals surface area contributed by atoms with Crippen LogP contribution in [0.1, 0.15) is 67.6 Å². The van der Waals surface area contributed by atoms with Crippen molar-refractivity contribution >= 4 is 29.3 Å². The molecule has 1 aliphatic rings. The van der Waals surface area contributed by atoms with Gasteiger partial charge in [0.1, 0.15) is 0 Å². The van der Waals surface area contributed by atoms with Crippen molar-refractivity contribution < 1.29 is 29.4 Å². The molecule has 0 radical (unpaired) electrons. The van der Waals surface area contributed by atoms with E-state index in [1.54, 1.807) is 23.4 Å². The fourth-order valence-electron chi connectivity index (χ4n) is 4.47. The minimum absolute atomic E-state index is 0.0140. The first-order valence-electron chi connectivity index (χ1n) is 13.4. The number of hydrogen-bond donors (Lipinski definition) is 4. The highest BCUT2D eigenvalue weighted by Crippen LogP contribution is 2.39. The molecule has 11 heteroatoms. The maximum Gasteiger partial charge on any atom is 0.243 e. The van der Waals surface area contributed by atoms with Crippen molar-refractivity contribution in [3.8, 4) is 0 Å². The molecule has 1 aromatic heterocycles. The average Bonchev–Trinajstić information content (AvgIpc) is 3.40. The van der Waals surface area contributed by atoms with Crippen LogP contribution in [-0.2, 0) is 32.7 Å². The lowest BCUT2D eigenvalue weighted by Crippen LogP contribution is -2.31.